The fourth-order valence-electron chi connectivity index (χ4n) is 1.71. The normalized spacial score (nSPS) is 26.0. The molecule has 2 heteroatoms. The first-order valence-electron chi connectivity index (χ1n) is 3.93. The summed E-state index contributed by atoms with van der Waals surface area (Å²) in [5, 5.41) is 0.535. The average Bonchev–Trinajstić information content (AvgIpc) is 2.15. The van der Waals surface area contributed by atoms with Gasteiger partial charge in [-0.3, -0.25) is 0 Å². The zero-order valence-electron chi connectivity index (χ0n) is 6.07. The molecule has 1 atom stereocenters. The molecule has 1 fully saturated rings. The highest BCUT2D eigenvalue weighted by molar-refractivity contribution is 6.54. The molecule has 0 radical (unpaired) electrons. The molecule has 0 saturated heterocycles. The summed E-state index contributed by atoms with van der Waals surface area (Å²) < 4.78 is 0. The van der Waals surface area contributed by atoms with E-state index >= 15 is 0 Å². The molecule has 54 valence electrons. The van der Waals surface area contributed by atoms with Crippen LogP contribution in [0.4, 0.5) is 0 Å². The summed E-state index contributed by atoms with van der Waals surface area (Å²) in [6.07, 6.45) is 5.93. The van der Waals surface area contributed by atoms with Crippen LogP contribution in [0, 0.1) is 0 Å². The van der Waals surface area contributed by atoms with E-state index in [1.54, 1.807) is 0 Å². The summed E-state index contributed by atoms with van der Waals surface area (Å²) in [6.45, 7) is 2.16. The van der Waals surface area contributed by atoms with Gasteiger partial charge in [-0.05, 0) is 5.54 Å². The van der Waals surface area contributed by atoms with E-state index in [0.29, 0.717) is 5.00 Å². The Balaban J connectivity index is 2.11. The summed E-state index contributed by atoms with van der Waals surface area (Å²) in [5.74, 6) is 0. The predicted octanol–water partition coefficient (Wildman–Crippen LogP) is 2.10. The molecule has 0 N–H and O–H groups in total. The lowest BCUT2D eigenvalue weighted by molar-refractivity contribution is 0.860. The van der Waals surface area contributed by atoms with Gasteiger partial charge in [0, 0.05) is 14.5 Å². The number of hydrogen-bond donors (Lipinski definition) is 0. The highest BCUT2D eigenvalue weighted by atomic mass is 35.5. The van der Waals surface area contributed by atoms with Crippen molar-refractivity contribution in [1.82, 2.24) is 0 Å². The SMILES string of the molecule is CC(Cl)[SiH2]C1CCCC1. The van der Waals surface area contributed by atoms with E-state index < -0.39 is 0 Å². The van der Waals surface area contributed by atoms with Gasteiger partial charge in [-0.2, -0.15) is 0 Å². The maximum atomic E-state index is 5.92. The Bertz CT molecular complexity index is 77.0. The van der Waals surface area contributed by atoms with Crippen LogP contribution in [0.5, 0.6) is 0 Å². The van der Waals surface area contributed by atoms with Crippen molar-refractivity contribution in [3.63, 3.8) is 0 Å². The zero-order valence-corrected chi connectivity index (χ0v) is 8.24. The van der Waals surface area contributed by atoms with Gasteiger partial charge in [0.05, 0.1) is 0 Å². The van der Waals surface area contributed by atoms with Crippen molar-refractivity contribution in [3.8, 4) is 0 Å². The first-order valence-corrected chi connectivity index (χ1v) is 6.00. The van der Waals surface area contributed by atoms with E-state index in [1.807, 2.05) is 0 Å². The minimum Gasteiger partial charge on any atom is -0.128 e. The van der Waals surface area contributed by atoms with Crippen molar-refractivity contribution >= 4 is 21.1 Å². The van der Waals surface area contributed by atoms with Gasteiger partial charge in [-0.1, -0.05) is 32.6 Å². The summed E-state index contributed by atoms with van der Waals surface area (Å²) in [6, 6.07) is 0. The van der Waals surface area contributed by atoms with Crippen molar-refractivity contribution in [2.75, 3.05) is 0 Å². The van der Waals surface area contributed by atoms with Crippen LogP contribution >= 0.6 is 11.6 Å². The van der Waals surface area contributed by atoms with Gasteiger partial charge in [0.25, 0.3) is 0 Å². The number of halogens is 1. The van der Waals surface area contributed by atoms with Crippen LogP contribution in [0.1, 0.15) is 32.6 Å². The third kappa shape index (κ3) is 2.72. The summed E-state index contributed by atoms with van der Waals surface area (Å²) in [5.41, 5.74) is 1.09. The highest BCUT2D eigenvalue weighted by Crippen LogP contribution is 2.30. The predicted molar refractivity (Wildman–Crippen MR) is 46.1 cm³/mol. The Hall–Kier alpha value is 0.507. The minimum absolute atomic E-state index is 0.0880. The second-order valence-corrected chi connectivity index (χ2v) is 7.28. The Morgan fingerprint density at radius 3 is 2.44 bits per heavy atom. The molecule has 0 aromatic heterocycles. The van der Waals surface area contributed by atoms with Gasteiger partial charge < -0.3 is 0 Å². The molecule has 9 heavy (non-hydrogen) atoms. The number of hydrogen-bond acceptors (Lipinski definition) is 0. The van der Waals surface area contributed by atoms with E-state index in [9.17, 15) is 0 Å². The first-order chi connectivity index (χ1) is 4.29. The topological polar surface area (TPSA) is 0 Å². The van der Waals surface area contributed by atoms with Crippen LogP contribution in [0.3, 0.4) is 0 Å². The lowest BCUT2D eigenvalue weighted by Gasteiger charge is -2.07. The smallest absolute Gasteiger partial charge is 0.0445 e. The number of alkyl halides is 1. The Morgan fingerprint density at radius 1 is 1.44 bits per heavy atom. The van der Waals surface area contributed by atoms with E-state index in [0.717, 1.165) is 5.54 Å². The third-order valence-electron chi connectivity index (χ3n) is 2.13. The molecule has 0 aromatic carbocycles. The fourth-order valence-corrected chi connectivity index (χ4v) is 4.43. The maximum Gasteiger partial charge on any atom is 0.0445 e. The molecule has 0 bridgehead atoms. The zero-order chi connectivity index (χ0) is 6.69. The second-order valence-electron chi connectivity index (χ2n) is 3.17. The van der Waals surface area contributed by atoms with Gasteiger partial charge in [0.2, 0.25) is 0 Å². The molecule has 1 unspecified atom stereocenters. The molecule has 0 nitrogen and oxygen atoms in total. The van der Waals surface area contributed by atoms with E-state index in [4.69, 9.17) is 11.6 Å². The largest absolute Gasteiger partial charge is 0.128 e. The third-order valence-corrected chi connectivity index (χ3v) is 4.80. The van der Waals surface area contributed by atoms with Gasteiger partial charge in [-0.25, -0.2) is 0 Å². The van der Waals surface area contributed by atoms with Crippen LogP contribution in [-0.2, 0) is 0 Å². The molecule has 0 aliphatic heterocycles. The highest BCUT2D eigenvalue weighted by Gasteiger charge is 2.16. The van der Waals surface area contributed by atoms with Crippen molar-refractivity contribution < 1.29 is 0 Å². The first kappa shape index (κ1) is 7.61. The quantitative estimate of drug-likeness (QED) is 0.431. The van der Waals surface area contributed by atoms with Crippen LogP contribution in [0.25, 0.3) is 0 Å². The lowest BCUT2D eigenvalue weighted by Crippen LogP contribution is -2.09. The molecular weight excluding hydrogens is 148 g/mol. The van der Waals surface area contributed by atoms with Crippen LogP contribution < -0.4 is 0 Å². The van der Waals surface area contributed by atoms with Crippen molar-refractivity contribution in [3.05, 3.63) is 0 Å². The van der Waals surface area contributed by atoms with Crippen molar-refractivity contribution in [1.29, 1.82) is 0 Å². The minimum atomic E-state index is 0.0880. The molecular formula is C7H15ClSi. The van der Waals surface area contributed by atoms with Crippen molar-refractivity contribution in [2.24, 2.45) is 0 Å². The molecule has 0 aromatic rings. The van der Waals surface area contributed by atoms with Gasteiger partial charge in [0.15, 0.2) is 0 Å². The van der Waals surface area contributed by atoms with Crippen LogP contribution in [0.2, 0.25) is 5.54 Å². The molecule has 0 heterocycles. The van der Waals surface area contributed by atoms with E-state index in [-0.39, 0.29) is 9.52 Å². The summed E-state index contributed by atoms with van der Waals surface area (Å²) in [4.78, 5) is 0. The monoisotopic (exact) mass is 162 g/mol. The molecule has 1 rings (SSSR count). The molecule has 1 aliphatic rings. The van der Waals surface area contributed by atoms with Crippen LogP contribution in [-0.4, -0.2) is 14.5 Å². The summed E-state index contributed by atoms with van der Waals surface area (Å²) in [7, 11) is 0.0880. The Kier molecular flexibility index (Phi) is 3.06. The van der Waals surface area contributed by atoms with Gasteiger partial charge in [0.1, 0.15) is 0 Å². The molecule has 0 spiro atoms. The van der Waals surface area contributed by atoms with Crippen LogP contribution in [0.15, 0.2) is 0 Å². The lowest BCUT2D eigenvalue weighted by atomic mass is 10.4. The standard InChI is InChI=1S/C7H15ClSi/c1-6(8)9-7-4-2-3-5-7/h6-7H,2-5,9H2,1H3. The Morgan fingerprint density at radius 2 is 2.00 bits per heavy atom. The molecule has 1 saturated carbocycles. The van der Waals surface area contributed by atoms with E-state index in [2.05, 4.69) is 6.92 Å². The maximum absolute atomic E-state index is 5.92. The van der Waals surface area contributed by atoms with Gasteiger partial charge >= 0.3 is 0 Å². The summed E-state index contributed by atoms with van der Waals surface area (Å²) >= 11 is 5.92. The van der Waals surface area contributed by atoms with Crippen molar-refractivity contribution in [2.45, 2.75) is 43.1 Å². The second kappa shape index (κ2) is 3.62. The molecule has 0 amide bonds. The average molecular weight is 163 g/mol. The molecule has 1 aliphatic carbocycles. The Labute approximate surface area is 64.8 Å². The van der Waals surface area contributed by atoms with E-state index in [1.165, 1.54) is 25.7 Å². The van der Waals surface area contributed by atoms with Gasteiger partial charge in [-0.15, -0.1) is 11.6 Å². The number of rotatable bonds is 2. The fraction of sp³-hybridized carbons (Fsp3) is 1.00.